The number of hydrogen-bond donors (Lipinski definition) is 1. The van der Waals surface area contributed by atoms with Crippen molar-refractivity contribution in [2.75, 3.05) is 0 Å². The van der Waals surface area contributed by atoms with Crippen LogP contribution in [0.1, 0.15) is 52.0 Å². The van der Waals surface area contributed by atoms with Crippen LogP contribution in [-0.4, -0.2) is 30.5 Å². The lowest BCUT2D eigenvalue weighted by atomic mass is 10.1. The first-order chi connectivity index (χ1) is 12.6. The Morgan fingerprint density at radius 1 is 1.23 bits per heavy atom. The highest BCUT2D eigenvalue weighted by Gasteiger charge is 2.26. The Hall–Kier alpha value is -2.96. The van der Waals surface area contributed by atoms with Gasteiger partial charge in [0.15, 0.2) is 5.82 Å². The maximum Gasteiger partial charge on any atom is 0.251 e. The van der Waals surface area contributed by atoms with Crippen molar-refractivity contribution in [3.8, 4) is 0 Å². The summed E-state index contributed by atoms with van der Waals surface area (Å²) in [5, 5.41) is 15.4. The molecule has 2 aromatic heterocycles. The molecule has 2 heterocycles. The number of aromatic nitrogens is 5. The summed E-state index contributed by atoms with van der Waals surface area (Å²) in [6.07, 6.45) is 4.07. The Morgan fingerprint density at radius 2 is 2.00 bits per heavy atom. The van der Waals surface area contributed by atoms with Crippen LogP contribution in [0.25, 0.3) is 0 Å². The molecule has 1 fully saturated rings. The molecule has 134 valence electrons. The van der Waals surface area contributed by atoms with E-state index in [9.17, 15) is 4.79 Å². The van der Waals surface area contributed by atoms with Gasteiger partial charge in [-0.25, -0.2) is 0 Å². The molecule has 26 heavy (non-hydrogen) atoms. The van der Waals surface area contributed by atoms with Gasteiger partial charge in [-0.3, -0.25) is 9.48 Å². The van der Waals surface area contributed by atoms with Crippen LogP contribution in [0, 0.1) is 13.8 Å². The van der Waals surface area contributed by atoms with Crippen LogP contribution < -0.4 is 5.32 Å². The summed E-state index contributed by atoms with van der Waals surface area (Å²) in [6, 6.07) is 10.2. The molecular weight excluding hydrogens is 328 g/mol. The summed E-state index contributed by atoms with van der Waals surface area (Å²) in [6.45, 7) is 5.12. The fraction of sp³-hybridized carbons (Fsp3) is 0.368. The molecule has 1 aliphatic carbocycles. The van der Waals surface area contributed by atoms with Gasteiger partial charge in [0, 0.05) is 17.3 Å². The van der Waals surface area contributed by atoms with Crippen molar-refractivity contribution in [3.63, 3.8) is 0 Å². The van der Waals surface area contributed by atoms with Gasteiger partial charge in [-0.2, -0.15) is 5.10 Å². The Labute approximate surface area is 152 Å². The van der Waals surface area contributed by atoms with Crippen molar-refractivity contribution in [1.82, 2.24) is 29.9 Å². The van der Waals surface area contributed by atoms with Crippen molar-refractivity contribution in [2.45, 2.75) is 45.8 Å². The number of nitrogens with zero attached hydrogens (tertiary/aromatic N) is 5. The normalized spacial score (nSPS) is 13.8. The topological polar surface area (TPSA) is 77.6 Å². The highest BCUT2D eigenvalue weighted by molar-refractivity contribution is 5.94. The van der Waals surface area contributed by atoms with E-state index in [0.29, 0.717) is 24.7 Å². The summed E-state index contributed by atoms with van der Waals surface area (Å²) >= 11 is 0. The van der Waals surface area contributed by atoms with Gasteiger partial charge in [-0.1, -0.05) is 12.1 Å². The van der Waals surface area contributed by atoms with E-state index >= 15 is 0 Å². The van der Waals surface area contributed by atoms with Crippen LogP contribution >= 0.6 is 0 Å². The lowest BCUT2D eigenvalue weighted by Gasteiger charge is -2.08. The predicted molar refractivity (Wildman–Crippen MR) is 96.7 cm³/mol. The molecule has 1 aliphatic rings. The minimum absolute atomic E-state index is 0.104. The number of carbonyl (C=O) groups is 1. The number of carbonyl (C=O) groups excluding carboxylic acids is 1. The molecule has 4 rings (SSSR count). The second-order valence-electron chi connectivity index (χ2n) is 6.85. The largest absolute Gasteiger partial charge is 0.345 e. The SMILES string of the molecule is Cc1cc(C)n(Cc2ccc(C(=O)NCc3nncn3C3CC3)cc2)n1. The maximum absolute atomic E-state index is 12.4. The third kappa shape index (κ3) is 3.51. The van der Waals surface area contributed by atoms with Gasteiger partial charge in [0.2, 0.25) is 0 Å². The lowest BCUT2D eigenvalue weighted by molar-refractivity contribution is 0.0949. The molecule has 7 heteroatoms. The number of nitrogens with one attached hydrogen (secondary N) is 1. The number of benzene rings is 1. The number of rotatable bonds is 6. The van der Waals surface area contributed by atoms with Crippen molar-refractivity contribution >= 4 is 5.91 Å². The van der Waals surface area contributed by atoms with Crippen LogP contribution in [0.2, 0.25) is 0 Å². The van der Waals surface area contributed by atoms with Gasteiger partial charge >= 0.3 is 0 Å². The van der Waals surface area contributed by atoms with Crippen molar-refractivity contribution in [1.29, 1.82) is 0 Å². The summed E-state index contributed by atoms with van der Waals surface area (Å²) in [5.74, 6) is 0.704. The molecule has 1 aromatic carbocycles. The van der Waals surface area contributed by atoms with Gasteiger partial charge in [-0.05, 0) is 50.5 Å². The molecule has 0 aliphatic heterocycles. The van der Waals surface area contributed by atoms with E-state index in [2.05, 4.69) is 31.2 Å². The van der Waals surface area contributed by atoms with Crippen LogP contribution in [0.3, 0.4) is 0 Å². The summed E-state index contributed by atoms with van der Waals surface area (Å²) in [5.41, 5.74) is 3.89. The monoisotopic (exact) mass is 350 g/mol. The highest BCUT2D eigenvalue weighted by atomic mass is 16.1. The van der Waals surface area contributed by atoms with E-state index in [4.69, 9.17) is 0 Å². The highest BCUT2D eigenvalue weighted by Crippen LogP contribution is 2.35. The molecule has 1 saturated carbocycles. The maximum atomic E-state index is 12.4. The minimum Gasteiger partial charge on any atom is -0.345 e. The Bertz CT molecular complexity index is 920. The number of amides is 1. The summed E-state index contributed by atoms with van der Waals surface area (Å²) in [4.78, 5) is 12.4. The van der Waals surface area contributed by atoms with Crippen LogP contribution in [0.15, 0.2) is 36.7 Å². The Kier molecular flexibility index (Phi) is 4.28. The Balaban J connectivity index is 1.37. The van der Waals surface area contributed by atoms with Gasteiger partial charge in [0.25, 0.3) is 5.91 Å². The van der Waals surface area contributed by atoms with E-state index < -0.39 is 0 Å². The zero-order chi connectivity index (χ0) is 18.1. The van der Waals surface area contributed by atoms with Crippen LogP contribution in [0.4, 0.5) is 0 Å². The fourth-order valence-corrected chi connectivity index (χ4v) is 3.08. The zero-order valence-corrected chi connectivity index (χ0v) is 15.0. The minimum atomic E-state index is -0.104. The standard InChI is InChI=1S/C19H22N6O/c1-13-9-14(2)25(23-13)11-15-3-5-16(6-4-15)19(26)20-10-18-22-21-12-24(18)17-7-8-17/h3-6,9,12,17H,7-8,10-11H2,1-2H3,(H,20,26). The van der Waals surface area contributed by atoms with E-state index in [0.717, 1.165) is 35.6 Å². The number of hydrogen-bond acceptors (Lipinski definition) is 4. The van der Waals surface area contributed by atoms with Crippen molar-refractivity contribution in [2.24, 2.45) is 0 Å². The molecular formula is C19H22N6O. The van der Waals surface area contributed by atoms with E-state index in [1.807, 2.05) is 42.8 Å². The molecule has 0 bridgehead atoms. The Morgan fingerprint density at radius 3 is 2.65 bits per heavy atom. The van der Waals surface area contributed by atoms with Crippen molar-refractivity contribution < 1.29 is 4.79 Å². The average molecular weight is 350 g/mol. The fourth-order valence-electron chi connectivity index (χ4n) is 3.08. The van der Waals surface area contributed by atoms with Gasteiger partial charge < -0.3 is 9.88 Å². The zero-order valence-electron chi connectivity index (χ0n) is 15.0. The second kappa shape index (κ2) is 6.74. The molecule has 0 radical (unpaired) electrons. The van der Waals surface area contributed by atoms with E-state index in [-0.39, 0.29) is 5.91 Å². The van der Waals surface area contributed by atoms with Crippen molar-refractivity contribution in [3.05, 3.63) is 65.0 Å². The first kappa shape index (κ1) is 16.5. The third-order valence-electron chi connectivity index (χ3n) is 4.65. The van der Waals surface area contributed by atoms with Crippen LogP contribution in [0.5, 0.6) is 0 Å². The quantitative estimate of drug-likeness (QED) is 0.740. The van der Waals surface area contributed by atoms with Gasteiger partial charge in [0.1, 0.15) is 6.33 Å². The second-order valence-corrected chi connectivity index (χ2v) is 6.85. The molecule has 0 spiro atoms. The molecule has 1 amide bonds. The predicted octanol–water partition coefficient (Wildman–Crippen LogP) is 2.40. The van der Waals surface area contributed by atoms with Gasteiger partial charge in [0.05, 0.1) is 18.8 Å². The first-order valence-electron chi connectivity index (χ1n) is 8.87. The molecule has 1 N–H and O–H groups in total. The van der Waals surface area contributed by atoms with Gasteiger partial charge in [-0.15, -0.1) is 10.2 Å². The smallest absolute Gasteiger partial charge is 0.251 e. The third-order valence-corrected chi connectivity index (χ3v) is 4.65. The van der Waals surface area contributed by atoms with Crippen LogP contribution in [-0.2, 0) is 13.1 Å². The average Bonchev–Trinajstić information content (AvgIpc) is 3.28. The number of aryl methyl sites for hydroxylation is 2. The summed E-state index contributed by atoms with van der Waals surface area (Å²) in [7, 11) is 0. The molecule has 0 atom stereocenters. The molecule has 3 aromatic rings. The lowest BCUT2D eigenvalue weighted by Crippen LogP contribution is -2.24. The van der Waals surface area contributed by atoms with E-state index in [1.165, 1.54) is 0 Å². The molecule has 7 nitrogen and oxygen atoms in total. The molecule has 0 unspecified atom stereocenters. The molecule has 0 saturated heterocycles. The first-order valence-corrected chi connectivity index (χ1v) is 8.87. The summed E-state index contributed by atoms with van der Waals surface area (Å²) < 4.78 is 4.02. The van der Waals surface area contributed by atoms with E-state index in [1.54, 1.807) is 6.33 Å².